The van der Waals surface area contributed by atoms with Crippen molar-refractivity contribution in [2.75, 3.05) is 13.1 Å². The number of nitrogens with two attached hydrogens (primary N) is 1. The van der Waals surface area contributed by atoms with E-state index < -0.39 is 0 Å². The topological polar surface area (TPSA) is 60.0 Å². The van der Waals surface area contributed by atoms with Crippen LogP contribution in [0.15, 0.2) is 18.2 Å². The first kappa shape index (κ1) is 16.1. The summed E-state index contributed by atoms with van der Waals surface area (Å²) < 4.78 is 2.46. The number of carbonyl (C=O) groups is 1. The Morgan fingerprint density at radius 2 is 2.22 bits per heavy atom. The molecule has 1 heterocycles. The third-order valence-electron chi connectivity index (χ3n) is 4.89. The number of nitrogens with one attached hydrogen (secondary N) is 1. The minimum Gasteiger partial charge on any atom is -0.355 e. The van der Waals surface area contributed by atoms with Crippen LogP contribution < -0.4 is 11.1 Å². The van der Waals surface area contributed by atoms with Crippen LogP contribution in [0.25, 0.3) is 10.9 Å². The van der Waals surface area contributed by atoms with Crippen LogP contribution in [0.1, 0.15) is 43.1 Å². The summed E-state index contributed by atoms with van der Waals surface area (Å²) in [7, 11) is 0. The third kappa shape index (κ3) is 2.88. The van der Waals surface area contributed by atoms with Crippen LogP contribution in [-0.2, 0) is 17.6 Å². The van der Waals surface area contributed by atoms with Gasteiger partial charge in [0, 0.05) is 41.6 Å². The van der Waals surface area contributed by atoms with Gasteiger partial charge in [-0.05, 0) is 57.7 Å². The summed E-state index contributed by atoms with van der Waals surface area (Å²) in [6, 6.07) is 7.12. The maximum atomic E-state index is 12.3. The molecule has 3 rings (SSSR count). The van der Waals surface area contributed by atoms with E-state index in [4.69, 9.17) is 5.73 Å². The van der Waals surface area contributed by atoms with Crippen LogP contribution in [0.5, 0.6) is 0 Å². The van der Waals surface area contributed by atoms with Crippen molar-refractivity contribution in [1.82, 2.24) is 9.88 Å². The first-order valence-corrected chi connectivity index (χ1v) is 8.63. The molecule has 0 spiro atoms. The highest BCUT2D eigenvalue weighted by Gasteiger charge is 2.29. The summed E-state index contributed by atoms with van der Waals surface area (Å²) in [5.74, 6) is 0.222. The normalized spacial score (nSPS) is 17.5. The summed E-state index contributed by atoms with van der Waals surface area (Å²) in [5, 5.41) is 4.28. The molecular formula is C19H27N3O. The Hall–Kier alpha value is -1.81. The van der Waals surface area contributed by atoms with Gasteiger partial charge in [0.25, 0.3) is 0 Å². The average molecular weight is 313 g/mol. The summed E-state index contributed by atoms with van der Waals surface area (Å²) in [5.41, 5.74) is 10.9. The Balaban J connectivity index is 2.01. The van der Waals surface area contributed by atoms with Gasteiger partial charge in [0.2, 0.25) is 5.91 Å². The Kier molecular flexibility index (Phi) is 4.44. The first-order chi connectivity index (χ1) is 11.0. The van der Waals surface area contributed by atoms with Gasteiger partial charge in [0.15, 0.2) is 0 Å². The van der Waals surface area contributed by atoms with Crippen molar-refractivity contribution in [2.45, 2.75) is 46.1 Å². The molecule has 0 bridgehead atoms. The van der Waals surface area contributed by atoms with Crippen LogP contribution in [0.2, 0.25) is 0 Å². The van der Waals surface area contributed by atoms with E-state index in [0.717, 1.165) is 19.3 Å². The number of amides is 1. The van der Waals surface area contributed by atoms with Gasteiger partial charge in [-0.25, -0.2) is 0 Å². The average Bonchev–Trinajstić information content (AvgIpc) is 2.85. The van der Waals surface area contributed by atoms with E-state index >= 15 is 0 Å². The number of aromatic nitrogens is 1. The molecule has 124 valence electrons. The number of hydrogen-bond acceptors (Lipinski definition) is 2. The minimum atomic E-state index is 0.0702. The van der Waals surface area contributed by atoms with Crippen molar-refractivity contribution >= 4 is 16.8 Å². The maximum absolute atomic E-state index is 12.3. The lowest BCUT2D eigenvalue weighted by Gasteiger charge is -2.24. The van der Waals surface area contributed by atoms with E-state index in [-0.39, 0.29) is 11.8 Å². The highest BCUT2D eigenvalue weighted by Crippen LogP contribution is 2.36. The smallest absolute Gasteiger partial charge is 0.223 e. The largest absolute Gasteiger partial charge is 0.355 e. The van der Waals surface area contributed by atoms with Gasteiger partial charge in [-0.1, -0.05) is 11.6 Å². The maximum Gasteiger partial charge on any atom is 0.223 e. The van der Waals surface area contributed by atoms with E-state index in [1.165, 1.54) is 27.7 Å². The molecule has 0 aliphatic heterocycles. The molecular weight excluding hydrogens is 286 g/mol. The molecule has 23 heavy (non-hydrogen) atoms. The number of rotatable bonds is 4. The molecule has 1 aliphatic rings. The van der Waals surface area contributed by atoms with Crippen molar-refractivity contribution in [2.24, 2.45) is 11.7 Å². The minimum absolute atomic E-state index is 0.0702. The van der Waals surface area contributed by atoms with Crippen LogP contribution in [0, 0.1) is 12.8 Å². The van der Waals surface area contributed by atoms with E-state index in [0.29, 0.717) is 19.1 Å². The van der Waals surface area contributed by atoms with Gasteiger partial charge in [-0.2, -0.15) is 0 Å². The van der Waals surface area contributed by atoms with Gasteiger partial charge in [0.1, 0.15) is 0 Å². The molecule has 2 aromatic rings. The SMILES string of the molecule is Cc1ccc2c(c1)c1c(n2C(C)C)CCC(C(=O)NCCN)C1. The van der Waals surface area contributed by atoms with Crippen molar-refractivity contribution in [3.8, 4) is 0 Å². The van der Waals surface area contributed by atoms with E-state index in [2.05, 4.69) is 48.9 Å². The Bertz CT molecular complexity index is 730. The lowest BCUT2D eigenvalue weighted by atomic mass is 9.85. The second kappa shape index (κ2) is 6.36. The van der Waals surface area contributed by atoms with Gasteiger partial charge in [-0.3, -0.25) is 4.79 Å². The molecule has 1 aromatic carbocycles. The molecule has 1 amide bonds. The second-order valence-corrected chi connectivity index (χ2v) is 6.93. The molecule has 1 aromatic heterocycles. The van der Waals surface area contributed by atoms with Crippen LogP contribution in [-0.4, -0.2) is 23.6 Å². The zero-order chi connectivity index (χ0) is 16.6. The number of carbonyl (C=O) groups excluding carboxylic acids is 1. The summed E-state index contributed by atoms with van der Waals surface area (Å²) >= 11 is 0. The predicted octanol–water partition coefficient (Wildman–Crippen LogP) is 2.71. The zero-order valence-electron chi connectivity index (χ0n) is 14.4. The Labute approximate surface area is 138 Å². The fraction of sp³-hybridized carbons (Fsp3) is 0.526. The van der Waals surface area contributed by atoms with Gasteiger partial charge in [-0.15, -0.1) is 0 Å². The zero-order valence-corrected chi connectivity index (χ0v) is 14.4. The van der Waals surface area contributed by atoms with Gasteiger partial charge in [0.05, 0.1) is 0 Å². The first-order valence-electron chi connectivity index (χ1n) is 8.63. The molecule has 1 unspecified atom stereocenters. The predicted molar refractivity (Wildman–Crippen MR) is 94.6 cm³/mol. The molecule has 1 aliphatic carbocycles. The summed E-state index contributed by atoms with van der Waals surface area (Å²) in [6.07, 6.45) is 2.73. The summed E-state index contributed by atoms with van der Waals surface area (Å²) in [4.78, 5) is 12.3. The van der Waals surface area contributed by atoms with Crippen molar-refractivity contribution in [1.29, 1.82) is 0 Å². The molecule has 0 radical (unpaired) electrons. The number of aryl methyl sites for hydroxylation is 1. The lowest BCUT2D eigenvalue weighted by molar-refractivity contribution is -0.125. The molecule has 1 atom stereocenters. The standard InChI is InChI=1S/C19H27N3O/c1-12(2)22-17-6-4-13(3)10-15(17)16-11-14(5-7-18(16)22)19(23)21-9-8-20/h4,6,10,12,14H,5,7-9,11,20H2,1-3H3,(H,21,23). The Morgan fingerprint density at radius 3 is 2.91 bits per heavy atom. The fourth-order valence-corrected chi connectivity index (χ4v) is 3.86. The molecule has 0 fully saturated rings. The molecule has 4 heteroatoms. The molecule has 0 saturated carbocycles. The van der Waals surface area contributed by atoms with E-state index in [1.807, 2.05) is 0 Å². The van der Waals surface area contributed by atoms with Crippen molar-refractivity contribution in [3.63, 3.8) is 0 Å². The lowest BCUT2D eigenvalue weighted by Crippen LogP contribution is -2.36. The van der Waals surface area contributed by atoms with Gasteiger partial charge >= 0.3 is 0 Å². The quantitative estimate of drug-likeness (QED) is 0.912. The molecule has 0 saturated heterocycles. The van der Waals surface area contributed by atoms with Crippen LogP contribution in [0.4, 0.5) is 0 Å². The van der Waals surface area contributed by atoms with E-state index in [1.54, 1.807) is 0 Å². The van der Waals surface area contributed by atoms with Crippen molar-refractivity contribution in [3.05, 3.63) is 35.0 Å². The molecule has 3 N–H and O–H groups in total. The monoisotopic (exact) mass is 313 g/mol. The van der Waals surface area contributed by atoms with Crippen LogP contribution >= 0.6 is 0 Å². The number of hydrogen-bond donors (Lipinski definition) is 2. The van der Waals surface area contributed by atoms with Gasteiger partial charge < -0.3 is 15.6 Å². The third-order valence-corrected chi connectivity index (χ3v) is 4.89. The fourth-order valence-electron chi connectivity index (χ4n) is 3.86. The highest BCUT2D eigenvalue weighted by molar-refractivity contribution is 5.88. The highest BCUT2D eigenvalue weighted by atomic mass is 16.1. The Morgan fingerprint density at radius 1 is 1.43 bits per heavy atom. The van der Waals surface area contributed by atoms with E-state index in [9.17, 15) is 4.79 Å². The summed E-state index contributed by atoms with van der Waals surface area (Å²) in [6.45, 7) is 7.66. The number of nitrogens with zero attached hydrogens (tertiary/aromatic N) is 1. The second-order valence-electron chi connectivity index (χ2n) is 6.93. The molecule has 4 nitrogen and oxygen atoms in total. The number of benzene rings is 1. The van der Waals surface area contributed by atoms with Crippen LogP contribution in [0.3, 0.4) is 0 Å². The number of fused-ring (bicyclic) bond motifs is 3. The van der Waals surface area contributed by atoms with Crippen molar-refractivity contribution < 1.29 is 4.79 Å².